The van der Waals surface area contributed by atoms with Crippen molar-refractivity contribution in [2.45, 2.75) is 25.9 Å². The number of ether oxygens (including phenoxy) is 2. The number of hydrogen-bond acceptors (Lipinski definition) is 4. The molecular weight excluding hydrogens is 302 g/mol. The monoisotopic (exact) mass is 325 g/mol. The number of nitrogens with two attached hydrogens (primary N) is 1. The van der Waals surface area contributed by atoms with Gasteiger partial charge in [-0.3, -0.25) is 0 Å². The number of para-hydroxylation sites is 2. The van der Waals surface area contributed by atoms with Gasteiger partial charge in [-0.2, -0.15) is 0 Å². The van der Waals surface area contributed by atoms with Crippen LogP contribution >= 0.6 is 0 Å². The summed E-state index contributed by atoms with van der Waals surface area (Å²) in [5, 5.41) is 0. The van der Waals surface area contributed by atoms with Crippen molar-refractivity contribution in [3.8, 4) is 11.5 Å². The molecule has 2 aromatic carbocycles. The Balaban J connectivity index is 1.63. The van der Waals surface area contributed by atoms with Gasteiger partial charge in [-0.05, 0) is 49.7 Å². The van der Waals surface area contributed by atoms with E-state index in [9.17, 15) is 0 Å². The second-order valence-electron chi connectivity index (χ2n) is 5.78. The van der Waals surface area contributed by atoms with Crippen molar-refractivity contribution in [1.29, 1.82) is 0 Å². The van der Waals surface area contributed by atoms with Crippen molar-refractivity contribution >= 4 is 11.0 Å². The van der Waals surface area contributed by atoms with Gasteiger partial charge in [-0.25, -0.2) is 4.98 Å². The quantitative estimate of drug-likeness (QED) is 0.675. The maximum atomic E-state index is 6.07. The average Bonchev–Trinajstić information content (AvgIpc) is 2.98. The first-order chi connectivity index (χ1) is 11.7. The lowest BCUT2D eigenvalue weighted by molar-refractivity contribution is 0.300. The molecule has 1 aromatic heterocycles. The van der Waals surface area contributed by atoms with Gasteiger partial charge in [0.1, 0.15) is 17.3 Å². The predicted molar refractivity (Wildman–Crippen MR) is 95.4 cm³/mol. The molecule has 0 aliphatic rings. The Kier molecular flexibility index (Phi) is 5.01. The van der Waals surface area contributed by atoms with Gasteiger partial charge in [0.25, 0.3) is 0 Å². The third-order valence-corrected chi connectivity index (χ3v) is 3.95. The molecule has 24 heavy (non-hydrogen) atoms. The molecule has 0 aliphatic heterocycles. The van der Waals surface area contributed by atoms with Crippen LogP contribution in [0.25, 0.3) is 11.0 Å². The van der Waals surface area contributed by atoms with Gasteiger partial charge in [0.15, 0.2) is 0 Å². The summed E-state index contributed by atoms with van der Waals surface area (Å²) in [6.45, 7) is 3.43. The number of rotatable bonds is 7. The summed E-state index contributed by atoms with van der Waals surface area (Å²) in [6.07, 6.45) is 0.881. The minimum absolute atomic E-state index is 0.0973. The van der Waals surface area contributed by atoms with E-state index in [1.54, 1.807) is 7.11 Å². The zero-order valence-corrected chi connectivity index (χ0v) is 14.1. The summed E-state index contributed by atoms with van der Waals surface area (Å²) >= 11 is 0. The van der Waals surface area contributed by atoms with Crippen LogP contribution < -0.4 is 15.2 Å². The molecule has 0 amide bonds. The standard InChI is InChI=1S/C19H23N3O2/c1-14(20)19-21-17-6-3-4-7-18(17)22(19)12-5-13-24-16-10-8-15(23-2)9-11-16/h3-4,6-11,14H,5,12-13,20H2,1-2H3. The average molecular weight is 325 g/mol. The maximum Gasteiger partial charge on any atom is 0.126 e. The van der Waals surface area contributed by atoms with Crippen LogP contribution in [0.4, 0.5) is 0 Å². The Morgan fingerprint density at radius 3 is 2.50 bits per heavy atom. The van der Waals surface area contributed by atoms with Crippen LogP contribution in [0.3, 0.4) is 0 Å². The van der Waals surface area contributed by atoms with Gasteiger partial charge in [0.2, 0.25) is 0 Å². The highest BCUT2D eigenvalue weighted by Crippen LogP contribution is 2.21. The second-order valence-corrected chi connectivity index (χ2v) is 5.78. The molecule has 0 saturated heterocycles. The fraction of sp³-hybridized carbons (Fsp3) is 0.316. The van der Waals surface area contributed by atoms with Crippen molar-refractivity contribution in [1.82, 2.24) is 9.55 Å². The lowest BCUT2D eigenvalue weighted by atomic mass is 10.3. The summed E-state index contributed by atoms with van der Waals surface area (Å²) < 4.78 is 13.1. The Morgan fingerprint density at radius 1 is 1.08 bits per heavy atom. The van der Waals surface area contributed by atoms with E-state index in [0.717, 1.165) is 41.3 Å². The van der Waals surface area contributed by atoms with Crippen LogP contribution in [0.2, 0.25) is 0 Å². The second kappa shape index (κ2) is 7.36. The molecule has 0 radical (unpaired) electrons. The van der Waals surface area contributed by atoms with Gasteiger partial charge in [0, 0.05) is 6.54 Å². The number of imidazole rings is 1. The van der Waals surface area contributed by atoms with Gasteiger partial charge in [-0.1, -0.05) is 12.1 Å². The van der Waals surface area contributed by atoms with Crippen LogP contribution in [0, 0.1) is 0 Å². The molecule has 5 heteroatoms. The van der Waals surface area contributed by atoms with Crippen LogP contribution in [0.5, 0.6) is 11.5 Å². The summed E-state index contributed by atoms with van der Waals surface area (Å²) in [5.41, 5.74) is 8.18. The Bertz CT molecular complexity index is 794. The SMILES string of the molecule is COc1ccc(OCCCn2c(C(C)N)nc3ccccc32)cc1. The van der Waals surface area contributed by atoms with Crippen LogP contribution in [0.1, 0.15) is 25.2 Å². The van der Waals surface area contributed by atoms with E-state index in [4.69, 9.17) is 15.2 Å². The van der Waals surface area contributed by atoms with Crippen molar-refractivity contribution in [3.05, 3.63) is 54.4 Å². The van der Waals surface area contributed by atoms with Gasteiger partial charge >= 0.3 is 0 Å². The Hall–Kier alpha value is -2.53. The lowest BCUT2D eigenvalue weighted by Gasteiger charge is -2.12. The van der Waals surface area contributed by atoms with Crippen LogP contribution in [0.15, 0.2) is 48.5 Å². The molecule has 0 spiro atoms. The first-order valence-electron chi connectivity index (χ1n) is 8.16. The predicted octanol–water partition coefficient (Wildman–Crippen LogP) is 3.53. The smallest absolute Gasteiger partial charge is 0.126 e. The molecular formula is C19H23N3O2. The number of benzene rings is 2. The van der Waals surface area contributed by atoms with E-state index in [1.807, 2.05) is 49.4 Å². The van der Waals surface area contributed by atoms with Gasteiger partial charge in [-0.15, -0.1) is 0 Å². The van der Waals surface area contributed by atoms with E-state index in [-0.39, 0.29) is 6.04 Å². The minimum atomic E-state index is -0.0973. The zero-order chi connectivity index (χ0) is 16.9. The Labute approximate surface area is 142 Å². The molecule has 0 aliphatic carbocycles. The highest BCUT2D eigenvalue weighted by atomic mass is 16.5. The van der Waals surface area contributed by atoms with E-state index in [1.165, 1.54) is 0 Å². The number of fused-ring (bicyclic) bond motifs is 1. The molecule has 3 aromatic rings. The molecule has 0 bridgehead atoms. The molecule has 1 atom stereocenters. The number of hydrogen-bond donors (Lipinski definition) is 1. The van der Waals surface area contributed by atoms with E-state index < -0.39 is 0 Å². The highest BCUT2D eigenvalue weighted by Gasteiger charge is 2.13. The number of methoxy groups -OCH3 is 1. The molecule has 1 unspecified atom stereocenters. The summed E-state index contributed by atoms with van der Waals surface area (Å²) in [5.74, 6) is 2.59. The molecule has 5 nitrogen and oxygen atoms in total. The van der Waals surface area contributed by atoms with Crippen molar-refractivity contribution in [2.75, 3.05) is 13.7 Å². The Morgan fingerprint density at radius 2 is 1.79 bits per heavy atom. The molecule has 0 fully saturated rings. The number of aryl methyl sites for hydroxylation is 1. The number of aromatic nitrogens is 2. The van der Waals surface area contributed by atoms with E-state index in [0.29, 0.717) is 6.61 Å². The highest BCUT2D eigenvalue weighted by molar-refractivity contribution is 5.76. The number of nitrogens with zero attached hydrogens (tertiary/aromatic N) is 2. The van der Waals surface area contributed by atoms with E-state index >= 15 is 0 Å². The largest absolute Gasteiger partial charge is 0.497 e. The third kappa shape index (κ3) is 3.51. The first-order valence-corrected chi connectivity index (χ1v) is 8.16. The normalized spacial score (nSPS) is 12.3. The molecule has 1 heterocycles. The van der Waals surface area contributed by atoms with Crippen molar-refractivity contribution in [3.63, 3.8) is 0 Å². The molecule has 3 rings (SSSR count). The fourth-order valence-corrected chi connectivity index (χ4v) is 2.76. The topological polar surface area (TPSA) is 62.3 Å². The van der Waals surface area contributed by atoms with Crippen molar-refractivity contribution in [2.24, 2.45) is 5.73 Å². The van der Waals surface area contributed by atoms with Gasteiger partial charge < -0.3 is 19.8 Å². The van der Waals surface area contributed by atoms with Crippen molar-refractivity contribution < 1.29 is 9.47 Å². The fourth-order valence-electron chi connectivity index (χ4n) is 2.76. The molecule has 2 N–H and O–H groups in total. The molecule has 0 saturated carbocycles. The summed E-state index contributed by atoms with van der Waals surface area (Å²) in [6, 6.07) is 15.7. The van der Waals surface area contributed by atoms with Gasteiger partial charge in [0.05, 0.1) is 30.8 Å². The third-order valence-electron chi connectivity index (χ3n) is 3.95. The van der Waals surface area contributed by atoms with E-state index in [2.05, 4.69) is 15.6 Å². The van der Waals surface area contributed by atoms with Crippen LogP contribution in [-0.2, 0) is 6.54 Å². The molecule has 126 valence electrons. The minimum Gasteiger partial charge on any atom is -0.497 e. The maximum absolute atomic E-state index is 6.07. The first kappa shape index (κ1) is 16.3. The van der Waals surface area contributed by atoms with Crippen LogP contribution in [-0.4, -0.2) is 23.3 Å². The summed E-state index contributed by atoms with van der Waals surface area (Å²) in [4.78, 5) is 4.65. The summed E-state index contributed by atoms with van der Waals surface area (Å²) in [7, 11) is 1.65. The zero-order valence-electron chi connectivity index (χ0n) is 14.1. The lowest BCUT2D eigenvalue weighted by Crippen LogP contribution is -2.14.